The Labute approximate surface area is 193 Å². The van der Waals surface area contributed by atoms with Crippen LogP contribution in [0.2, 0.25) is 5.02 Å². The average Bonchev–Trinajstić information content (AvgIpc) is 2.75. The summed E-state index contributed by atoms with van der Waals surface area (Å²) in [5.41, 5.74) is 2.69. The van der Waals surface area contributed by atoms with Gasteiger partial charge in [0.2, 0.25) is 5.88 Å². The molecule has 8 nitrogen and oxygen atoms in total. The van der Waals surface area contributed by atoms with Crippen LogP contribution >= 0.6 is 11.6 Å². The molecule has 1 aromatic rings. The highest BCUT2D eigenvalue weighted by Gasteiger charge is 2.49. The van der Waals surface area contributed by atoms with Crippen molar-refractivity contribution in [2.45, 2.75) is 25.9 Å². The molecule has 0 amide bonds. The van der Waals surface area contributed by atoms with Crippen molar-refractivity contribution in [3.8, 4) is 0 Å². The van der Waals surface area contributed by atoms with E-state index in [0.717, 1.165) is 0 Å². The topological polar surface area (TPSA) is 109 Å². The van der Waals surface area contributed by atoms with E-state index in [1.807, 2.05) is 5.32 Å². The summed E-state index contributed by atoms with van der Waals surface area (Å²) in [5.74, 6) is -4.47. The summed E-state index contributed by atoms with van der Waals surface area (Å²) in [4.78, 5) is 25.7. The molecule has 1 unspecified atom stereocenters. The van der Waals surface area contributed by atoms with Gasteiger partial charge in [-0.05, 0) is 25.5 Å². The molecule has 3 N–H and O–H groups in total. The molecule has 0 saturated carbocycles. The number of dihydropyridines is 1. The molecule has 0 spiro atoms. The molecule has 1 aliphatic rings. The first-order valence-corrected chi connectivity index (χ1v) is 10.4. The number of benzene rings is 1. The summed E-state index contributed by atoms with van der Waals surface area (Å²) in [6.45, 7) is 2.37. The number of hydrogen-bond donors (Lipinski definition) is 2. The maximum atomic E-state index is 14.1. The lowest BCUT2D eigenvalue weighted by molar-refractivity contribution is -0.142. The van der Waals surface area contributed by atoms with Gasteiger partial charge in [0.25, 0.3) is 0 Å². The number of halogens is 4. The maximum Gasteiger partial charge on any atom is 0.431 e. The largest absolute Gasteiger partial charge is 0.463 e. The number of nitrogens with two attached hydrogens (primary N) is 1. The molecular formula is C21H24ClF3N2O6. The number of carbonyl (C=O) groups excluding carboxylic acids is 2. The molecule has 0 bridgehead atoms. The van der Waals surface area contributed by atoms with Crippen LogP contribution in [0.1, 0.15) is 25.3 Å². The summed E-state index contributed by atoms with van der Waals surface area (Å²) in [6.07, 6.45) is -5.03. The van der Waals surface area contributed by atoms with Crippen molar-refractivity contribution >= 4 is 23.5 Å². The van der Waals surface area contributed by atoms with E-state index in [1.165, 1.54) is 32.0 Å². The Morgan fingerprint density at radius 2 is 1.70 bits per heavy atom. The van der Waals surface area contributed by atoms with Gasteiger partial charge in [-0.25, -0.2) is 9.59 Å². The van der Waals surface area contributed by atoms with E-state index < -0.39 is 53.6 Å². The number of esters is 2. The fraction of sp³-hybridized carbons (Fsp3) is 0.429. The summed E-state index contributed by atoms with van der Waals surface area (Å²) < 4.78 is 62.6. The third kappa shape index (κ3) is 6.40. The van der Waals surface area contributed by atoms with Crippen LogP contribution in [-0.2, 0) is 28.5 Å². The highest BCUT2D eigenvalue weighted by molar-refractivity contribution is 6.31. The van der Waals surface area contributed by atoms with Gasteiger partial charge >= 0.3 is 18.1 Å². The van der Waals surface area contributed by atoms with Gasteiger partial charge in [0, 0.05) is 11.6 Å². The molecule has 0 fully saturated rings. The van der Waals surface area contributed by atoms with E-state index in [9.17, 15) is 22.8 Å². The van der Waals surface area contributed by atoms with E-state index in [2.05, 4.69) is 0 Å². The van der Waals surface area contributed by atoms with Crippen LogP contribution in [0.5, 0.6) is 0 Å². The molecular weight excluding hydrogens is 469 g/mol. The van der Waals surface area contributed by atoms with Crippen molar-refractivity contribution < 1.29 is 41.7 Å². The Kier molecular flexibility index (Phi) is 9.56. The number of nitrogens with one attached hydrogen (secondary N) is 1. The molecule has 1 aliphatic heterocycles. The summed E-state index contributed by atoms with van der Waals surface area (Å²) in [7, 11) is 0. The molecule has 0 aliphatic carbocycles. The minimum atomic E-state index is -5.03. The maximum absolute atomic E-state index is 14.1. The van der Waals surface area contributed by atoms with Crippen molar-refractivity contribution in [2.75, 3.05) is 33.2 Å². The summed E-state index contributed by atoms with van der Waals surface area (Å²) >= 11 is 6.28. The van der Waals surface area contributed by atoms with Gasteiger partial charge in [-0.3, -0.25) is 0 Å². The van der Waals surface area contributed by atoms with Gasteiger partial charge < -0.3 is 30.0 Å². The molecule has 1 aromatic carbocycles. The smallest absolute Gasteiger partial charge is 0.431 e. The predicted octanol–water partition coefficient (Wildman–Crippen LogP) is 3.13. The van der Waals surface area contributed by atoms with E-state index in [-0.39, 0.29) is 37.0 Å². The Bertz CT molecular complexity index is 933. The quantitative estimate of drug-likeness (QED) is 0.291. The number of allylic oxidation sites excluding steroid dienone is 1. The SMILES string of the molecule is CCOC(=O)C1=C(OCOCCN)NC(C(F)(F)F)=C(C(=O)OCC)C1c1ccccc1Cl. The van der Waals surface area contributed by atoms with E-state index in [1.54, 1.807) is 6.07 Å². The number of rotatable bonds is 10. The van der Waals surface area contributed by atoms with Gasteiger partial charge in [-0.1, -0.05) is 29.8 Å². The number of hydrogen-bond acceptors (Lipinski definition) is 8. The molecule has 182 valence electrons. The van der Waals surface area contributed by atoms with Crippen LogP contribution in [0.4, 0.5) is 13.2 Å². The Hall–Kier alpha value is -2.76. The Morgan fingerprint density at radius 1 is 1.09 bits per heavy atom. The van der Waals surface area contributed by atoms with Gasteiger partial charge in [-0.15, -0.1) is 0 Å². The van der Waals surface area contributed by atoms with Crippen molar-refractivity contribution in [3.05, 3.63) is 57.6 Å². The van der Waals surface area contributed by atoms with Crippen LogP contribution < -0.4 is 11.1 Å². The van der Waals surface area contributed by atoms with Crippen molar-refractivity contribution in [2.24, 2.45) is 5.73 Å². The van der Waals surface area contributed by atoms with E-state index >= 15 is 0 Å². The second kappa shape index (κ2) is 11.9. The van der Waals surface area contributed by atoms with Gasteiger partial charge in [0.1, 0.15) is 11.3 Å². The first-order chi connectivity index (χ1) is 15.7. The molecule has 0 aromatic heterocycles. The van der Waals surface area contributed by atoms with Gasteiger partial charge in [0.05, 0.1) is 31.3 Å². The van der Waals surface area contributed by atoms with Crippen molar-refractivity contribution in [3.63, 3.8) is 0 Å². The first kappa shape index (κ1) is 26.5. The van der Waals surface area contributed by atoms with Gasteiger partial charge in [0.15, 0.2) is 6.79 Å². The zero-order valence-electron chi connectivity index (χ0n) is 18.0. The monoisotopic (exact) mass is 492 g/mol. The standard InChI is InChI=1S/C21H24ClF3N2O6/c1-3-31-19(28)15-14(12-7-5-6-8-13(12)22)16(20(29)32-4-2)18(33-11-30-10-9-26)27-17(15)21(23,24)25/h5-8,14,27H,3-4,9-11,26H2,1-2H3. The predicted molar refractivity (Wildman–Crippen MR) is 112 cm³/mol. The van der Waals surface area contributed by atoms with Crippen molar-refractivity contribution in [1.82, 2.24) is 5.32 Å². The number of ether oxygens (including phenoxy) is 4. The average molecular weight is 493 g/mol. The third-order valence-corrected chi connectivity index (χ3v) is 4.71. The van der Waals surface area contributed by atoms with Crippen LogP contribution in [0.15, 0.2) is 47.0 Å². The lowest BCUT2D eigenvalue weighted by Gasteiger charge is -2.32. The Morgan fingerprint density at radius 3 is 2.24 bits per heavy atom. The van der Waals surface area contributed by atoms with E-state index in [4.69, 9.17) is 36.3 Å². The lowest BCUT2D eigenvalue weighted by Crippen LogP contribution is -2.40. The lowest BCUT2D eigenvalue weighted by atomic mass is 9.81. The molecule has 1 heterocycles. The summed E-state index contributed by atoms with van der Waals surface area (Å²) in [5, 5.41) is 2.05. The third-order valence-electron chi connectivity index (χ3n) is 4.37. The summed E-state index contributed by atoms with van der Waals surface area (Å²) in [6, 6.07) is 5.88. The van der Waals surface area contributed by atoms with Crippen LogP contribution in [0.25, 0.3) is 0 Å². The highest BCUT2D eigenvalue weighted by atomic mass is 35.5. The molecule has 0 radical (unpaired) electrons. The number of alkyl halides is 3. The molecule has 0 saturated heterocycles. The van der Waals surface area contributed by atoms with Gasteiger partial charge in [-0.2, -0.15) is 13.2 Å². The molecule has 2 rings (SSSR count). The second-order valence-corrected chi connectivity index (χ2v) is 6.92. The minimum Gasteiger partial charge on any atom is -0.463 e. The fourth-order valence-electron chi connectivity index (χ4n) is 3.12. The normalized spacial score (nSPS) is 16.4. The van der Waals surface area contributed by atoms with Crippen LogP contribution in [0, 0.1) is 0 Å². The zero-order chi connectivity index (χ0) is 24.6. The second-order valence-electron chi connectivity index (χ2n) is 6.51. The fourth-order valence-corrected chi connectivity index (χ4v) is 3.36. The first-order valence-electron chi connectivity index (χ1n) is 9.99. The zero-order valence-corrected chi connectivity index (χ0v) is 18.7. The van der Waals surface area contributed by atoms with Crippen molar-refractivity contribution in [1.29, 1.82) is 0 Å². The van der Waals surface area contributed by atoms with E-state index in [0.29, 0.717) is 0 Å². The molecule has 1 atom stereocenters. The van der Waals surface area contributed by atoms with Crippen LogP contribution in [0.3, 0.4) is 0 Å². The highest BCUT2D eigenvalue weighted by Crippen LogP contribution is 2.45. The van der Waals surface area contributed by atoms with Crippen LogP contribution in [-0.4, -0.2) is 51.3 Å². The minimum absolute atomic E-state index is 0.0215. The molecule has 12 heteroatoms. The number of carbonyl (C=O) groups is 2. The molecule has 33 heavy (non-hydrogen) atoms. The Balaban J connectivity index is 2.80.